The highest BCUT2D eigenvalue weighted by Crippen LogP contribution is 2.29. The van der Waals surface area contributed by atoms with Gasteiger partial charge in [0.1, 0.15) is 5.58 Å². The molecule has 0 aliphatic carbocycles. The zero-order chi connectivity index (χ0) is 13.4. The van der Waals surface area contributed by atoms with Crippen LogP contribution in [0.3, 0.4) is 0 Å². The second-order valence-electron chi connectivity index (χ2n) is 4.19. The van der Waals surface area contributed by atoms with Crippen LogP contribution in [0.2, 0.25) is 0 Å². The normalized spacial score (nSPS) is 11.0. The van der Waals surface area contributed by atoms with Gasteiger partial charge in [-0.1, -0.05) is 12.1 Å². The van der Waals surface area contributed by atoms with Gasteiger partial charge in [-0.25, -0.2) is 0 Å². The molecule has 0 bridgehead atoms. The van der Waals surface area contributed by atoms with Crippen molar-refractivity contribution in [2.45, 2.75) is 13.5 Å². The lowest BCUT2D eigenvalue weighted by molar-refractivity contribution is 0.449. The fraction of sp³-hybridized carbons (Fsp3) is 0.143. The molecular weight excluding hydrogens is 244 g/mol. The lowest BCUT2D eigenvalue weighted by atomic mass is 10.1. The second-order valence-corrected chi connectivity index (χ2v) is 4.19. The van der Waals surface area contributed by atoms with Crippen LogP contribution in [0, 0.1) is 0 Å². The Kier molecular flexibility index (Phi) is 2.59. The second kappa shape index (κ2) is 4.28. The van der Waals surface area contributed by atoms with E-state index in [2.05, 4.69) is 5.10 Å². The predicted molar refractivity (Wildman–Crippen MR) is 71.0 cm³/mol. The molecule has 19 heavy (non-hydrogen) atoms. The van der Waals surface area contributed by atoms with Crippen LogP contribution in [0.1, 0.15) is 6.92 Å². The highest BCUT2D eigenvalue weighted by Gasteiger charge is 2.16. The third kappa shape index (κ3) is 1.79. The van der Waals surface area contributed by atoms with Gasteiger partial charge >= 0.3 is 0 Å². The SMILES string of the molecule is CCn1cc(-c2oc3ccccc3c(=O)c2O)cn1. The van der Waals surface area contributed by atoms with Crippen molar-refractivity contribution >= 4 is 11.0 Å². The first-order valence-electron chi connectivity index (χ1n) is 5.98. The number of para-hydroxylation sites is 1. The molecule has 3 aromatic rings. The molecule has 0 aliphatic heterocycles. The van der Waals surface area contributed by atoms with Crippen LogP contribution < -0.4 is 5.43 Å². The van der Waals surface area contributed by atoms with Crippen molar-refractivity contribution in [3.63, 3.8) is 0 Å². The summed E-state index contributed by atoms with van der Waals surface area (Å²) in [7, 11) is 0. The summed E-state index contributed by atoms with van der Waals surface area (Å²) in [6, 6.07) is 6.83. The van der Waals surface area contributed by atoms with E-state index in [1.165, 1.54) is 0 Å². The van der Waals surface area contributed by atoms with Gasteiger partial charge in [-0.05, 0) is 19.1 Å². The number of aromatic nitrogens is 2. The standard InChI is InChI=1S/C14H12N2O3/c1-2-16-8-9(7-15-16)14-13(18)12(17)10-5-3-4-6-11(10)19-14/h3-8,18H,2H2,1H3. The Labute approximate surface area is 108 Å². The molecular formula is C14H12N2O3. The molecule has 1 N–H and O–H groups in total. The third-order valence-electron chi connectivity index (χ3n) is 2.99. The Bertz CT molecular complexity index is 802. The first-order valence-corrected chi connectivity index (χ1v) is 5.98. The van der Waals surface area contributed by atoms with E-state index in [0.29, 0.717) is 23.1 Å². The maximum absolute atomic E-state index is 12.1. The largest absolute Gasteiger partial charge is 0.502 e. The lowest BCUT2D eigenvalue weighted by Crippen LogP contribution is -2.02. The quantitative estimate of drug-likeness (QED) is 0.764. The van der Waals surface area contributed by atoms with Gasteiger partial charge in [-0.15, -0.1) is 0 Å². The molecule has 5 nitrogen and oxygen atoms in total. The van der Waals surface area contributed by atoms with Crippen LogP contribution in [0.25, 0.3) is 22.3 Å². The molecule has 0 unspecified atom stereocenters. The van der Waals surface area contributed by atoms with Crippen molar-refractivity contribution in [3.8, 4) is 17.1 Å². The van der Waals surface area contributed by atoms with Gasteiger partial charge in [-0.3, -0.25) is 9.48 Å². The number of hydrogen-bond acceptors (Lipinski definition) is 4. The molecule has 1 aromatic carbocycles. The van der Waals surface area contributed by atoms with Gasteiger partial charge in [0.25, 0.3) is 0 Å². The molecule has 3 rings (SSSR count). The molecule has 2 aromatic heterocycles. The third-order valence-corrected chi connectivity index (χ3v) is 2.99. The smallest absolute Gasteiger partial charge is 0.235 e. The van der Waals surface area contributed by atoms with E-state index >= 15 is 0 Å². The van der Waals surface area contributed by atoms with E-state index in [9.17, 15) is 9.90 Å². The van der Waals surface area contributed by atoms with Gasteiger partial charge in [0.15, 0.2) is 5.76 Å². The fourth-order valence-corrected chi connectivity index (χ4v) is 1.98. The van der Waals surface area contributed by atoms with Crippen molar-refractivity contribution in [1.82, 2.24) is 9.78 Å². The van der Waals surface area contributed by atoms with Gasteiger partial charge in [0, 0.05) is 12.7 Å². The number of benzene rings is 1. The molecule has 96 valence electrons. The Hall–Kier alpha value is -2.56. The predicted octanol–water partition coefficient (Wildman–Crippen LogP) is 2.38. The lowest BCUT2D eigenvalue weighted by Gasteiger charge is -2.03. The molecule has 0 fully saturated rings. The van der Waals surface area contributed by atoms with Crippen molar-refractivity contribution < 1.29 is 9.52 Å². The van der Waals surface area contributed by atoms with E-state index in [1.54, 1.807) is 41.3 Å². The molecule has 0 saturated carbocycles. The topological polar surface area (TPSA) is 68.3 Å². The zero-order valence-corrected chi connectivity index (χ0v) is 10.3. The summed E-state index contributed by atoms with van der Waals surface area (Å²) in [5.74, 6) is -0.224. The number of aromatic hydroxyl groups is 1. The minimum Gasteiger partial charge on any atom is -0.502 e. The Balaban J connectivity index is 2.29. The van der Waals surface area contributed by atoms with E-state index in [4.69, 9.17) is 4.42 Å². The number of fused-ring (bicyclic) bond motifs is 1. The van der Waals surface area contributed by atoms with E-state index in [0.717, 1.165) is 0 Å². The van der Waals surface area contributed by atoms with Crippen molar-refractivity contribution in [2.75, 3.05) is 0 Å². The molecule has 0 amide bonds. The molecule has 0 aliphatic rings. The summed E-state index contributed by atoms with van der Waals surface area (Å²) < 4.78 is 7.31. The van der Waals surface area contributed by atoms with E-state index in [1.807, 2.05) is 6.92 Å². The maximum atomic E-state index is 12.1. The summed E-state index contributed by atoms with van der Waals surface area (Å²) in [6.07, 6.45) is 3.29. The van der Waals surface area contributed by atoms with E-state index in [-0.39, 0.29) is 11.5 Å². The average Bonchev–Trinajstić information content (AvgIpc) is 2.91. The molecule has 2 heterocycles. The van der Waals surface area contributed by atoms with Gasteiger partial charge in [0.2, 0.25) is 11.2 Å². The van der Waals surface area contributed by atoms with Crippen molar-refractivity contribution in [1.29, 1.82) is 0 Å². The van der Waals surface area contributed by atoms with Gasteiger partial charge in [-0.2, -0.15) is 5.10 Å². The minimum absolute atomic E-state index is 0.156. The number of nitrogens with zero attached hydrogens (tertiary/aromatic N) is 2. The van der Waals surface area contributed by atoms with Crippen molar-refractivity contribution in [2.24, 2.45) is 0 Å². The van der Waals surface area contributed by atoms with Gasteiger partial charge in [0.05, 0.1) is 17.1 Å². The summed E-state index contributed by atoms with van der Waals surface area (Å²) in [5.41, 5.74) is 0.604. The Morgan fingerprint density at radius 1 is 1.37 bits per heavy atom. The van der Waals surface area contributed by atoms with Crippen LogP contribution in [0.4, 0.5) is 0 Å². The summed E-state index contributed by atoms with van der Waals surface area (Å²) in [5, 5.41) is 14.5. The van der Waals surface area contributed by atoms with Crippen LogP contribution >= 0.6 is 0 Å². The Morgan fingerprint density at radius 3 is 2.89 bits per heavy atom. The molecule has 5 heteroatoms. The number of aryl methyl sites for hydroxylation is 1. The maximum Gasteiger partial charge on any atom is 0.235 e. The van der Waals surface area contributed by atoms with Crippen LogP contribution in [0.5, 0.6) is 5.75 Å². The van der Waals surface area contributed by atoms with Crippen LogP contribution in [-0.2, 0) is 6.54 Å². The molecule has 0 radical (unpaired) electrons. The average molecular weight is 256 g/mol. The summed E-state index contributed by atoms with van der Waals surface area (Å²) in [6.45, 7) is 2.66. The zero-order valence-electron chi connectivity index (χ0n) is 10.3. The molecule has 0 spiro atoms. The summed E-state index contributed by atoms with van der Waals surface area (Å²) >= 11 is 0. The van der Waals surface area contributed by atoms with E-state index < -0.39 is 5.43 Å². The highest BCUT2D eigenvalue weighted by molar-refractivity contribution is 5.81. The van der Waals surface area contributed by atoms with Crippen LogP contribution in [-0.4, -0.2) is 14.9 Å². The minimum atomic E-state index is -0.430. The monoisotopic (exact) mass is 256 g/mol. The Morgan fingerprint density at radius 2 is 2.16 bits per heavy atom. The van der Waals surface area contributed by atoms with Crippen molar-refractivity contribution in [3.05, 3.63) is 46.9 Å². The fourth-order valence-electron chi connectivity index (χ4n) is 1.98. The first-order chi connectivity index (χ1) is 9.20. The highest BCUT2D eigenvalue weighted by atomic mass is 16.4. The van der Waals surface area contributed by atoms with Gasteiger partial charge < -0.3 is 9.52 Å². The first kappa shape index (κ1) is 11.5. The number of hydrogen-bond donors (Lipinski definition) is 1. The molecule has 0 atom stereocenters. The van der Waals surface area contributed by atoms with Crippen LogP contribution in [0.15, 0.2) is 45.9 Å². The molecule has 0 saturated heterocycles. The summed E-state index contributed by atoms with van der Waals surface area (Å²) in [4.78, 5) is 12.1. The number of rotatable bonds is 2.